The van der Waals surface area contributed by atoms with Gasteiger partial charge in [0.15, 0.2) is 0 Å². The molecule has 2 aromatic heterocycles. The van der Waals surface area contributed by atoms with Gasteiger partial charge in [-0.2, -0.15) is 0 Å². The highest BCUT2D eigenvalue weighted by atomic mass is 15.2. The fraction of sp³-hybridized carbons (Fsp3) is 0. The third kappa shape index (κ3) is 18.0. The molecule has 0 spiro atoms. The van der Waals surface area contributed by atoms with Crippen molar-refractivity contribution in [2.75, 3.05) is 39.2 Å². The number of benzene rings is 24. The predicted octanol–water partition coefficient (Wildman–Crippen LogP) is 39.6. The van der Waals surface area contributed by atoms with Crippen LogP contribution in [-0.2, 0) is 0 Å². The number of nitrogens with zero attached hydrogens (tertiary/aromatic N) is 10. The number of hydrogen-bond acceptors (Lipinski definition) is 8. The van der Waals surface area contributed by atoms with Gasteiger partial charge in [-0.1, -0.05) is 291 Å². The molecule has 10 heteroatoms. The minimum atomic E-state index is 1.05. The maximum Gasteiger partial charge on any atom is 0.0542 e. The van der Waals surface area contributed by atoms with Crippen LogP contribution in [0.5, 0.6) is 0 Å². The molecule has 0 saturated carbocycles. The van der Waals surface area contributed by atoms with Gasteiger partial charge in [-0.15, -0.1) is 0 Å². The van der Waals surface area contributed by atoms with Gasteiger partial charge in [0, 0.05) is 169 Å². The van der Waals surface area contributed by atoms with Gasteiger partial charge in [-0.3, -0.25) is 0 Å². The molecule has 0 saturated heterocycles. The Morgan fingerprint density at radius 1 is 0.100 bits per heavy atom. The predicted molar refractivity (Wildman–Crippen MR) is 634 cm³/mol. The van der Waals surface area contributed by atoms with E-state index in [1.54, 1.807) is 0 Å². The topological polar surface area (TPSA) is 35.8 Å². The first-order valence-electron chi connectivity index (χ1n) is 51.0. The molecule has 10 nitrogen and oxygen atoms in total. The summed E-state index contributed by atoms with van der Waals surface area (Å²) in [5.41, 5.74) is 32.7. The maximum absolute atomic E-state index is 2.43. The molecule has 0 aliphatic rings. The average molecular weight is 1920 g/mol. The third-order valence-electron chi connectivity index (χ3n) is 28.1. The zero-order valence-electron chi connectivity index (χ0n) is 82.4. The summed E-state index contributed by atoms with van der Waals surface area (Å²) < 4.78 is 4.81. The summed E-state index contributed by atoms with van der Waals surface area (Å²) in [4.78, 5) is 18.8. The van der Waals surface area contributed by atoms with Crippen LogP contribution < -0.4 is 39.2 Å². The Bertz CT molecular complexity index is 8480. The fourth-order valence-corrected chi connectivity index (χ4v) is 21.4. The molecule has 0 unspecified atom stereocenters. The van der Waals surface area contributed by atoms with Gasteiger partial charge in [0.2, 0.25) is 0 Å². The molecule has 0 aliphatic heterocycles. The summed E-state index contributed by atoms with van der Waals surface area (Å²) >= 11 is 0. The van der Waals surface area contributed by atoms with Gasteiger partial charge in [-0.05, 0) is 338 Å². The van der Waals surface area contributed by atoms with Gasteiger partial charge in [0.1, 0.15) is 0 Å². The van der Waals surface area contributed by atoms with Gasteiger partial charge >= 0.3 is 0 Å². The van der Waals surface area contributed by atoms with Crippen molar-refractivity contribution in [1.82, 2.24) is 9.13 Å². The molecule has 712 valence electrons. The normalized spacial score (nSPS) is 11.2. The van der Waals surface area contributed by atoms with Gasteiger partial charge < -0.3 is 48.3 Å². The average Bonchev–Trinajstić information content (AvgIpc) is 1.58. The highest BCUT2D eigenvalue weighted by Crippen LogP contribution is 2.51. The highest BCUT2D eigenvalue weighted by Gasteiger charge is 2.28. The number of fused-ring (bicyclic) bond motifs is 8. The number of para-hydroxylation sites is 12. The molecule has 26 aromatic rings. The Morgan fingerprint density at radius 3 is 0.453 bits per heavy atom. The molecule has 0 fully saturated rings. The Labute approximate surface area is 874 Å². The molecule has 0 atom stereocenters. The molecule has 2 heterocycles. The summed E-state index contributed by atoms with van der Waals surface area (Å²) in [6, 6.07) is 222. The van der Waals surface area contributed by atoms with Crippen LogP contribution in [0.4, 0.5) is 136 Å². The van der Waals surface area contributed by atoms with Crippen molar-refractivity contribution in [3.63, 3.8) is 0 Å². The second kappa shape index (κ2) is 41.3. The Hall–Kier alpha value is -20.2. The number of aromatic nitrogens is 2. The molecular weight excluding hydrogens is 1820 g/mol. The second-order valence-electron chi connectivity index (χ2n) is 37.2. The van der Waals surface area contributed by atoms with E-state index in [0.29, 0.717) is 0 Å². The van der Waals surface area contributed by atoms with Gasteiger partial charge in [0.05, 0.1) is 33.4 Å². The van der Waals surface area contributed by atoms with E-state index in [1.165, 1.54) is 21.5 Å². The van der Waals surface area contributed by atoms with E-state index in [0.717, 1.165) is 191 Å². The van der Waals surface area contributed by atoms with Gasteiger partial charge in [0.25, 0.3) is 0 Å². The lowest BCUT2D eigenvalue weighted by atomic mass is 10.0. The summed E-state index contributed by atoms with van der Waals surface area (Å²) in [6.07, 6.45) is 0. The number of hydrogen-bond donors (Lipinski definition) is 0. The minimum absolute atomic E-state index is 1.05. The van der Waals surface area contributed by atoms with E-state index in [-0.39, 0.29) is 0 Å². The molecule has 0 radical (unpaired) electrons. The first-order valence-corrected chi connectivity index (χ1v) is 51.0. The molecule has 0 amide bonds. The van der Waals surface area contributed by atoms with Crippen LogP contribution in [0, 0.1) is 0 Å². The van der Waals surface area contributed by atoms with Crippen LogP contribution in [0.25, 0.3) is 76.5 Å². The third-order valence-corrected chi connectivity index (χ3v) is 28.1. The zero-order chi connectivity index (χ0) is 99.8. The lowest BCUT2D eigenvalue weighted by Gasteiger charge is -2.29. The van der Waals surface area contributed by atoms with E-state index < -0.39 is 0 Å². The Kier molecular flexibility index (Phi) is 25.0. The fourth-order valence-electron chi connectivity index (χ4n) is 21.4. The molecule has 26 rings (SSSR count). The minimum Gasteiger partial charge on any atom is -0.311 e. The van der Waals surface area contributed by atoms with E-state index in [2.05, 4.69) is 667 Å². The van der Waals surface area contributed by atoms with Crippen molar-refractivity contribution in [2.45, 2.75) is 0 Å². The maximum atomic E-state index is 2.43. The van der Waals surface area contributed by atoms with Crippen molar-refractivity contribution >= 4 is 202 Å². The number of rotatable bonds is 26. The van der Waals surface area contributed by atoms with E-state index in [4.69, 9.17) is 0 Å². The molecule has 0 N–H and O–H groups in total. The summed E-state index contributed by atoms with van der Waals surface area (Å²) in [6.45, 7) is 0. The molecule has 150 heavy (non-hydrogen) atoms. The highest BCUT2D eigenvalue weighted by molar-refractivity contribution is 6.15. The Morgan fingerprint density at radius 2 is 0.247 bits per heavy atom. The van der Waals surface area contributed by atoms with E-state index in [1.807, 2.05) is 0 Å². The smallest absolute Gasteiger partial charge is 0.0542 e. The quantitative estimate of drug-likeness (QED) is 0.0531. The monoisotopic (exact) mass is 1920 g/mol. The van der Waals surface area contributed by atoms with E-state index in [9.17, 15) is 0 Å². The van der Waals surface area contributed by atoms with E-state index >= 15 is 0 Å². The van der Waals surface area contributed by atoms with Crippen LogP contribution in [0.1, 0.15) is 0 Å². The van der Waals surface area contributed by atoms with Crippen molar-refractivity contribution in [3.05, 3.63) is 619 Å². The first kappa shape index (κ1) is 91.0. The van der Waals surface area contributed by atoms with Gasteiger partial charge in [-0.25, -0.2) is 0 Å². The van der Waals surface area contributed by atoms with Crippen LogP contribution >= 0.6 is 0 Å². The molecule has 24 aromatic carbocycles. The molecule has 0 bridgehead atoms. The number of anilines is 24. The standard InChI is InChI=1S/C74H53N5.C66H49N5/c1-6-26-56(27-7-1)75(57-28-8-2-9-29-57)61-40-44-63(45-41-61)77(71-38-20-24-54-22-16-18-36-67(54)71)65-48-50-73-69(52-65)70-53-66(49-51-74(70)79(73)60-34-14-5-15-35-60)78(72-39-21-25-55-23-17-19-37-68(55)72)64-46-42-62(43-47-64)76(58-30-10-3-11-31-58)59-32-12-4-13-33-59;1-8-22-50(23-9-1)67(51-24-10-2-11-25-51)57-36-40-59(41-37-57)69(54-30-16-5-17-31-54)61-44-46-65-63(48-61)64-49-62(45-47-66(64)71(65)56-34-20-7-21-35-56)70(55-32-18-6-19-33-55)60-42-38-58(39-43-60)68(52-26-12-3-13-27-52)53-28-14-4-15-29-53/h1-53H;1-49H. The van der Waals surface area contributed by atoms with Crippen LogP contribution in [-0.4, -0.2) is 9.13 Å². The van der Waals surface area contributed by atoms with Crippen LogP contribution in [0.3, 0.4) is 0 Å². The van der Waals surface area contributed by atoms with Crippen LogP contribution in [0.2, 0.25) is 0 Å². The summed E-state index contributed by atoms with van der Waals surface area (Å²) in [7, 11) is 0. The summed E-state index contributed by atoms with van der Waals surface area (Å²) in [5.74, 6) is 0. The van der Waals surface area contributed by atoms with Crippen molar-refractivity contribution < 1.29 is 0 Å². The van der Waals surface area contributed by atoms with Crippen LogP contribution in [0.15, 0.2) is 619 Å². The summed E-state index contributed by atoms with van der Waals surface area (Å²) in [5, 5.41) is 9.32. The first-order chi connectivity index (χ1) is 74.5. The lowest BCUT2D eigenvalue weighted by Crippen LogP contribution is -2.12. The molecular formula is C140H102N10. The lowest BCUT2D eigenvalue weighted by molar-refractivity contribution is 1.18. The SMILES string of the molecule is c1ccc(N(c2ccccc2)c2ccc(N(c3ccc4c(c3)c3cc(N(c5ccc(N(c6ccccc6)c6ccccc6)cc5)c5cccc6ccccc56)ccc3n4-c3ccccc3)c3cccc4ccccc34)cc2)cc1.c1ccc(N(c2ccccc2)c2ccc(N(c3ccccc3)c3ccc4c(c3)c3cc(N(c5ccccc5)c5ccc(N(c6ccccc6)c6ccccc6)cc5)ccc3n4-c3ccccc3)cc2)cc1. The van der Waals surface area contributed by atoms with Crippen molar-refractivity contribution in [3.8, 4) is 11.4 Å². The van der Waals surface area contributed by atoms with Crippen molar-refractivity contribution in [2.24, 2.45) is 0 Å². The molecule has 0 aliphatic carbocycles. The Balaban J connectivity index is 0.000000156. The second-order valence-corrected chi connectivity index (χ2v) is 37.2. The largest absolute Gasteiger partial charge is 0.311 e. The van der Waals surface area contributed by atoms with Crippen molar-refractivity contribution in [1.29, 1.82) is 0 Å². The zero-order valence-corrected chi connectivity index (χ0v) is 82.4.